The van der Waals surface area contributed by atoms with Crippen molar-refractivity contribution in [2.75, 3.05) is 20.6 Å². The summed E-state index contributed by atoms with van der Waals surface area (Å²) in [7, 11) is 3.51. The molecule has 1 rings (SSSR count). The molecular formula is C17H33N3O3. The zero-order valence-electron chi connectivity index (χ0n) is 15.7. The van der Waals surface area contributed by atoms with Gasteiger partial charge in [-0.2, -0.15) is 0 Å². The Morgan fingerprint density at radius 2 is 1.91 bits per heavy atom. The van der Waals surface area contributed by atoms with Crippen LogP contribution in [0, 0.1) is 0 Å². The number of likely N-dealkylation sites (N-methyl/N-ethyl adjacent to an activating group) is 1. The number of amides is 2. The van der Waals surface area contributed by atoms with Crippen LogP contribution < -0.4 is 5.32 Å². The second kappa shape index (κ2) is 7.99. The van der Waals surface area contributed by atoms with Crippen molar-refractivity contribution in [3.8, 4) is 0 Å². The van der Waals surface area contributed by atoms with Crippen LogP contribution in [0.3, 0.4) is 0 Å². The molecule has 6 nitrogen and oxygen atoms in total. The first kappa shape index (κ1) is 19.7. The summed E-state index contributed by atoms with van der Waals surface area (Å²) < 4.78 is 5.49. The molecule has 3 unspecified atom stereocenters. The van der Waals surface area contributed by atoms with E-state index in [9.17, 15) is 9.59 Å². The summed E-state index contributed by atoms with van der Waals surface area (Å²) in [5, 5.41) is 3.33. The number of nitrogens with zero attached hydrogens (tertiary/aromatic N) is 2. The van der Waals surface area contributed by atoms with Crippen molar-refractivity contribution in [1.82, 2.24) is 15.1 Å². The lowest BCUT2D eigenvalue weighted by Crippen LogP contribution is -2.48. The van der Waals surface area contributed by atoms with Crippen LogP contribution in [0.2, 0.25) is 0 Å². The van der Waals surface area contributed by atoms with E-state index in [1.54, 1.807) is 19.0 Å². The van der Waals surface area contributed by atoms with Gasteiger partial charge in [-0.3, -0.25) is 4.79 Å². The Balaban J connectivity index is 2.54. The van der Waals surface area contributed by atoms with Crippen molar-refractivity contribution in [3.63, 3.8) is 0 Å². The third kappa shape index (κ3) is 6.37. The van der Waals surface area contributed by atoms with E-state index >= 15 is 0 Å². The van der Waals surface area contributed by atoms with E-state index in [0.717, 1.165) is 25.8 Å². The summed E-state index contributed by atoms with van der Waals surface area (Å²) in [4.78, 5) is 27.6. The van der Waals surface area contributed by atoms with Gasteiger partial charge in [0.25, 0.3) is 0 Å². The maximum absolute atomic E-state index is 12.3. The number of hydrogen-bond donors (Lipinski definition) is 1. The van der Waals surface area contributed by atoms with Crippen molar-refractivity contribution >= 4 is 12.0 Å². The average Bonchev–Trinajstić information content (AvgIpc) is 2.83. The van der Waals surface area contributed by atoms with Gasteiger partial charge in [0.15, 0.2) is 0 Å². The van der Waals surface area contributed by atoms with Crippen LogP contribution in [0.5, 0.6) is 0 Å². The number of likely N-dealkylation sites (tertiary alicyclic amines) is 1. The van der Waals surface area contributed by atoms with Crippen LogP contribution in [-0.2, 0) is 9.53 Å². The summed E-state index contributed by atoms with van der Waals surface area (Å²) >= 11 is 0. The molecule has 1 fully saturated rings. The van der Waals surface area contributed by atoms with Crippen LogP contribution in [-0.4, -0.2) is 66.2 Å². The molecule has 1 N–H and O–H groups in total. The normalized spacial score (nSPS) is 21.0. The molecule has 0 aromatic heterocycles. The first-order valence-electron chi connectivity index (χ1n) is 8.48. The van der Waals surface area contributed by atoms with Gasteiger partial charge in [0, 0.05) is 32.7 Å². The number of ether oxygens (including phenoxy) is 1. The molecule has 1 aliphatic rings. The highest BCUT2D eigenvalue weighted by molar-refractivity contribution is 5.80. The zero-order valence-corrected chi connectivity index (χ0v) is 15.7. The Hall–Kier alpha value is -1.30. The minimum absolute atomic E-state index is 0.0623. The summed E-state index contributed by atoms with van der Waals surface area (Å²) in [6, 6.07) is 0.104. The second-order valence-electron chi connectivity index (χ2n) is 7.73. The molecule has 0 radical (unpaired) electrons. The van der Waals surface area contributed by atoms with Gasteiger partial charge in [-0.05, 0) is 53.9 Å². The minimum Gasteiger partial charge on any atom is -0.444 e. The monoisotopic (exact) mass is 327 g/mol. The number of rotatable bonds is 5. The fraction of sp³-hybridized carbons (Fsp3) is 0.882. The molecule has 0 bridgehead atoms. The smallest absolute Gasteiger partial charge is 0.410 e. The number of carbonyl (C=O) groups is 2. The highest BCUT2D eigenvalue weighted by Crippen LogP contribution is 2.24. The van der Waals surface area contributed by atoms with Crippen LogP contribution in [0.1, 0.15) is 53.9 Å². The molecule has 0 aromatic carbocycles. The van der Waals surface area contributed by atoms with E-state index in [1.165, 1.54) is 0 Å². The van der Waals surface area contributed by atoms with Gasteiger partial charge < -0.3 is 19.9 Å². The van der Waals surface area contributed by atoms with Gasteiger partial charge in [0.1, 0.15) is 5.60 Å². The molecule has 134 valence electrons. The van der Waals surface area contributed by atoms with Crippen molar-refractivity contribution < 1.29 is 14.3 Å². The number of hydrogen-bond acceptors (Lipinski definition) is 4. The lowest BCUT2D eigenvalue weighted by Gasteiger charge is -2.31. The number of carbonyl (C=O) groups excluding carboxylic acids is 2. The minimum atomic E-state index is -0.471. The van der Waals surface area contributed by atoms with Crippen LogP contribution in [0.4, 0.5) is 4.79 Å². The zero-order chi connectivity index (χ0) is 17.8. The fourth-order valence-electron chi connectivity index (χ4n) is 3.00. The van der Waals surface area contributed by atoms with E-state index in [0.29, 0.717) is 0 Å². The average molecular weight is 327 g/mol. The van der Waals surface area contributed by atoms with Crippen molar-refractivity contribution in [2.24, 2.45) is 0 Å². The second-order valence-corrected chi connectivity index (χ2v) is 7.73. The molecule has 0 saturated carbocycles. The Labute approximate surface area is 140 Å². The molecule has 0 aromatic rings. The summed E-state index contributed by atoms with van der Waals surface area (Å²) in [6.07, 6.45) is 2.58. The van der Waals surface area contributed by atoms with E-state index < -0.39 is 5.60 Å². The van der Waals surface area contributed by atoms with Gasteiger partial charge >= 0.3 is 6.09 Å². The lowest BCUT2D eigenvalue weighted by atomic mass is 10.1. The topological polar surface area (TPSA) is 61.9 Å². The van der Waals surface area contributed by atoms with Crippen LogP contribution >= 0.6 is 0 Å². The summed E-state index contributed by atoms with van der Waals surface area (Å²) in [5.74, 6) is 0.0623. The number of nitrogens with one attached hydrogen (secondary N) is 1. The van der Waals surface area contributed by atoms with Gasteiger partial charge in [-0.15, -0.1) is 0 Å². The van der Waals surface area contributed by atoms with E-state index in [1.807, 2.05) is 32.6 Å². The van der Waals surface area contributed by atoms with Gasteiger partial charge in [-0.25, -0.2) is 4.79 Å². The third-order valence-corrected chi connectivity index (χ3v) is 3.98. The molecule has 0 aliphatic carbocycles. The van der Waals surface area contributed by atoms with E-state index in [4.69, 9.17) is 4.74 Å². The predicted molar refractivity (Wildman–Crippen MR) is 91.3 cm³/mol. The van der Waals surface area contributed by atoms with Crippen molar-refractivity contribution in [2.45, 2.75) is 77.6 Å². The largest absolute Gasteiger partial charge is 0.444 e. The van der Waals surface area contributed by atoms with E-state index in [-0.39, 0.29) is 30.1 Å². The summed E-state index contributed by atoms with van der Waals surface area (Å²) in [6.45, 7) is 10.3. The molecular weight excluding hydrogens is 294 g/mol. The Morgan fingerprint density at radius 3 is 2.43 bits per heavy atom. The first-order valence-corrected chi connectivity index (χ1v) is 8.48. The van der Waals surface area contributed by atoms with Crippen LogP contribution in [0.15, 0.2) is 0 Å². The maximum atomic E-state index is 12.3. The standard InChI is InChI=1S/C17H33N3O3/c1-12(18-13(2)15(21)19(6)7)11-14-9-8-10-20(14)16(22)23-17(3,4)5/h12-14,18H,8-11H2,1-7H3. The maximum Gasteiger partial charge on any atom is 0.410 e. The quantitative estimate of drug-likeness (QED) is 0.841. The van der Waals surface area contributed by atoms with Gasteiger partial charge in [0.2, 0.25) is 5.91 Å². The van der Waals surface area contributed by atoms with Gasteiger partial charge in [-0.1, -0.05) is 0 Å². The third-order valence-electron chi connectivity index (χ3n) is 3.98. The molecule has 1 aliphatic heterocycles. The molecule has 0 spiro atoms. The highest BCUT2D eigenvalue weighted by Gasteiger charge is 2.33. The lowest BCUT2D eigenvalue weighted by molar-refractivity contribution is -0.130. The molecule has 3 atom stereocenters. The van der Waals surface area contributed by atoms with Gasteiger partial charge in [0.05, 0.1) is 6.04 Å². The molecule has 2 amide bonds. The molecule has 1 heterocycles. The SMILES string of the molecule is CC(CC1CCCN1C(=O)OC(C)(C)C)NC(C)C(=O)N(C)C. The van der Waals surface area contributed by atoms with Crippen molar-refractivity contribution in [3.05, 3.63) is 0 Å². The first-order chi connectivity index (χ1) is 10.5. The Kier molecular flexibility index (Phi) is 6.86. The fourth-order valence-corrected chi connectivity index (χ4v) is 3.00. The van der Waals surface area contributed by atoms with Crippen molar-refractivity contribution in [1.29, 1.82) is 0 Å². The predicted octanol–water partition coefficient (Wildman–Crippen LogP) is 2.23. The van der Waals surface area contributed by atoms with Crippen LogP contribution in [0.25, 0.3) is 0 Å². The molecule has 1 saturated heterocycles. The Morgan fingerprint density at radius 1 is 1.30 bits per heavy atom. The molecule has 6 heteroatoms. The molecule has 23 heavy (non-hydrogen) atoms. The van der Waals surface area contributed by atoms with E-state index in [2.05, 4.69) is 12.2 Å². The highest BCUT2D eigenvalue weighted by atomic mass is 16.6. The Bertz CT molecular complexity index is 418. The summed E-state index contributed by atoms with van der Waals surface area (Å²) in [5.41, 5.74) is -0.471.